The Morgan fingerprint density at radius 3 is 2.80 bits per heavy atom. The fraction of sp³-hybridized carbons (Fsp3) is 0.391. The van der Waals surface area contributed by atoms with E-state index in [4.69, 9.17) is 9.97 Å². The van der Waals surface area contributed by atoms with Gasteiger partial charge in [0.1, 0.15) is 5.82 Å². The number of aromatic nitrogens is 5. The third kappa shape index (κ3) is 2.88. The number of carbonyl (C=O) groups is 1. The molecule has 1 fully saturated rings. The summed E-state index contributed by atoms with van der Waals surface area (Å²) in [7, 11) is 1.88. The molecule has 4 heterocycles. The Balaban J connectivity index is 1.60. The molecule has 0 saturated carbocycles. The minimum atomic E-state index is -0.0485. The largest absolute Gasteiger partial charge is 0.340 e. The van der Waals surface area contributed by atoms with E-state index >= 15 is 0 Å². The maximum Gasteiger partial charge on any atom is 0.255 e. The number of para-hydroxylation sites is 2. The van der Waals surface area contributed by atoms with E-state index in [1.54, 1.807) is 4.68 Å². The molecule has 7 nitrogen and oxygen atoms in total. The van der Waals surface area contributed by atoms with Crippen molar-refractivity contribution in [3.8, 4) is 0 Å². The number of fused-ring (bicyclic) bond motifs is 2. The molecular weight excluding hydrogens is 376 g/mol. The average molecular weight is 403 g/mol. The van der Waals surface area contributed by atoms with E-state index in [1.165, 1.54) is 0 Å². The summed E-state index contributed by atoms with van der Waals surface area (Å²) in [6, 6.07) is 9.90. The first kappa shape index (κ1) is 18.8. The zero-order valence-electron chi connectivity index (χ0n) is 17.8. The molecule has 4 aromatic rings. The standard InChI is InChI=1S/C23H26N6O/c1-13(2)18-12-15(20-14(3)27-28(4)22(20)26-18)23(30)29-11-7-10-19(29)21-24-16-8-5-6-9-17(16)25-21/h5-6,8-9,12-13,19H,7,10-11H2,1-4H3,(H,24,25)/t19-/m0/s1. The predicted molar refractivity (Wildman–Crippen MR) is 116 cm³/mol. The first-order valence-electron chi connectivity index (χ1n) is 10.5. The van der Waals surface area contributed by atoms with E-state index < -0.39 is 0 Å². The summed E-state index contributed by atoms with van der Waals surface area (Å²) in [5, 5.41) is 5.38. The van der Waals surface area contributed by atoms with Crippen molar-refractivity contribution in [1.29, 1.82) is 0 Å². The number of amides is 1. The van der Waals surface area contributed by atoms with Gasteiger partial charge in [-0.2, -0.15) is 5.10 Å². The molecule has 0 spiro atoms. The second kappa shape index (κ2) is 6.93. The van der Waals surface area contributed by atoms with Gasteiger partial charge in [0.2, 0.25) is 0 Å². The molecule has 7 heteroatoms. The average Bonchev–Trinajstić information content (AvgIpc) is 3.44. The Kier molecular flexibility index (Phi) is 4.34. The number of H-pyrrole nitrogens is 1. The highest BCUT2D eigenvalue weighted by molar-refractivity contribution is 6.06. The number of carbonyl (C=O) groups excluding carboxylic acids is 1. The second-order valence-electron chi connectivity index (χ2n) is 8.45. The Morgan fingerprint density at radius 2 is 2.03 bits per heavy atom. The molecular formula is C23H26N6O. The van der Waals surface area contributed by atoms with Crippen LogP contribution in [0.15, 0.2) is 30.3 Å². The summed E-state index contributed by atoms with van der Waals surface area (Å²) >= 11 is 0. The zero-order chi connectivity index (χ0) is 21.0. The van der Waals surface area contributed by atoms with Crippen LogP contribution in [0.1, 0.15) is 66.2 Å². The summed E-state index contributed by atoms with van der Waals surface area (Å²) in [6.07, 6.45) is 1.87. The van der Waals surface area contributed by atoms with Crippen molar-refractivity contribution in [3.63, 3.8) is 0 Å². The maximum absolute atomic E-state index is 13.8. The number of aromatic amines is 1. The molecule has 0 bridgehead atoms. The summed E-state index contributed by atoms with van der Waals surface area (Å²) in [5.74, 6) is 1.11. The number of nitrogens with zero attached hydrogens (tertiary/aromatic N) is 5. The molecule has 1 amide bonds. The lowest BCUT2D eigenvalue weighted by Crippen LogP contribution is -2.31. The lowest BCUT2D eigenvalue weighted by Gasteiger charge is -2.24. The number of rotatable bonds is 3. The van der Waals surface area contributed by atoms with Crippen molar-refractivity contribution in [2.45, 2.75) is 45.6 Å². The molecule has 154 valence electrons. The van der Waals surface area contributed by atoms with E-state index in [0.717, 1.165) is 58.7 Å². The number of imidazole rings is 1. The highest BCUT2D eigenvalue weighted by Gasteiger charge is 2.34. The van der Waals surface area contributed by atoms with Crippen LogP contribution >= 0.6 is 0 Å². The van der Waals surface area contributed by atoms with E-state index in [-0.39, 0.29) is 17.9 Å². The van der Waals surface area contributed by atoms with Crippen molar-refractivity contribution < 1.29 is 4.79 Å². The highest BCUT2D eigenvalue weighted by Crippen LogP contribution is 2.34. The summed E-state index contributed by atoms with van der Waals surface area (Å²) in [5.41, 5.74) is 5.14. The summed E-state index contributed by atoms with van der Waals surface area (Å²) < 4.78 is 1.77. The van der Waals surface area contributed by atoms with Crippen molar-refractivity contribution >= 4 is 28.0 Å². The first-order chi connectivity index (χ1) is 14.4. The summed E-state index contributed by atoms with van der Waals surface area (Å²) in [6.45, 7) is 6.86. The monoisotopic (exact) mass is 402 g/mol. The van der Waals surface area contributed by atoms with Crippen LogP contribution in [0.5, 0.6) is 0 Å². The Morgan fingerprint density at radius 1 is 1.23 bits per heavy atom. The quantitative estimate of drug-likeness (QED) is 0.555. The van der Waals surface area contributed by atoms with Gasteiger partial charge < -0.3 is 9.88 Å². The summed E-state index contributed by atoms with van der Waals surface area (Å²) in [4.78, 5) is 28.8. The minimum absolute atomic E-state index is 0.0309. The van der Waals surface area contributed by atoms with Gasteiger partial charge in [-0.1, -0.05) is 26.0 Å². The van der Waals surface area contributed by atoms with Crippen LogP contribution in [0.3, 0.4) is 0 Å². The SMILES string of the molecule is Cc1nn(C)c2nc(C(C)C)cc(C(=O)N3CCC[C@H]3c3nc4ccccc4[nH]3)c12. The van der Waals surface area contributed by atoms with Crippen LogP contribution in [-0.2, 0) is 7.05 Å². The molecule has 3 aromatic heterocycles. The molecule has 30 heavy (non-hydrogen) atoms. The van der Waals surface area contributed by atoms with E-state index in [1.807, 2.05) is 49.2 Å². The van der Waals surface area contributed by atoms with Crippen molar-refractivity contribution in [2.75, 3.05) is 6.54 Å². The molecule has 1 aliphatic rings. The van der Waals surface area contributed by atoms with Gasteiger partial charge in [-0.05, 0) is 43.9 Å². The van der Waals surface area contributed by atoms with Gasteiger partial charge in [0.05, 0.1) is 33.7 Å². The van der Waals surface area contributed by atoms with Gasteiger partial charge in [0.15, 0.2) is 5.65 Å². The molecule has 0 aliphatic carbocycles. The van der Waals surface area contributed by atoms with Crippen LogP contribution < -0.4 is 0 Å². The fourth-order valence-electron chi connectivity index (χ4n) is 4.51. The molecule has 0 unspecified atom stereocenters. The molecule has 0 radical (unpaired) electrons. The number of hydrogen-bond donors (Lipinski definition) is 1. The predicted octanol–water partition coefficient (Wildman–Crippen LogP) is 4.25. The minimum Gasteiger partial charge on any atom is -0.340 e. The third-order valence-corrected chi connectivity index (χ3v) is 6.05. The smallest absolute Gasteiger partial charge is 0.255 e. The van der Waals surface area contributed by atoms with Crippen molar-refractivity contribution in [2.24, 2.45) is 7.05 Å². The Labute approximate surface area is 175 Å². The topological polar surface area (TPSA) is 79.7 Å². The zero-order valence-corrected chi connectivity index (χ0v) is 17.8. The van der Waals surface area contributed by atoms with Crippen LogP contribution in [0.2, 0.25) is 0 Å². The molecule has 1 N–H and O–H groups in total. The maximum atomic E-state index is 13.8. The molecule has 1 aliphatic heterocycles. The van der Waals surface area contributed by atoms with Crippen molar-refractivity contribution in [1.82, 2.24) is 29.6 Å². The Bertz CT molecular complexity index is 1230. The molecule has 1 saturated heterocycles. The number of nitrogens with one attached hydrogen (secondary N) is 1. The van der Waals surface area contributed by atoms with Crippen LogP contribution in [0, 0.1) is 6.92 Å². The van der Waals surface area contributed by atoms with Gasteiger partial charge >= 0.3 is 0 Å². The highest BCUT2D eigenvalue weighted by atomic mass is 16.2. The molecule has 1 atom stereocenters. The fourth-order valence-corrected chi connectivity index (χ4v) is 4.51. The number of hydrogen-bond acceptors (Lipinski definition) is 4. The Hall–Kier alpha value is -3.22. The first-order valence-corrected chi connectivity index (χ1v) is 10.5. The van der Waals surface area contributed by atoms with E-state index in [0.29, 0.717) is 5.56 Å². The van der Waals surface area contributed by atoms with Crippen LogP contribution in [0.4, 0.5) is 0 Å². The molecule has 5 rings (SSSR count). The lowest BCUT2D eigenvalue weighted by atomic mass is 10.0. The molecule has 1 aromatic carbocycles. The van der Waals surface area contributed by atoms with Crippen LogP contribution in [0.25, 0.3) is 22.1 Å². The lowest BCUT2D eigenvalue weighted by molar-refractivity contribution is 0.0732. The second-order valence-corrected chi connectivity index (χ2v) is 8.45. The van der Waals surface area contributed by atoms with Gasteiger partial charge in [0.25, 0.3) is 5.91 Å². The van der Waals surface area contributed by atoms with Gasteiger partial charge in [-0.15, -0.1) is 0 Å². The number of pyridine rings is 1. The normalized spacial score (nSPS) is 17.0. The number of aryl methyl sites for hydroxylation is 2. The third-order valence-electron chi connectivity index (χ3n) is 6.05. The number of benzene rings is 1. The van der Waals surface area contributed by atoms with Gasteiger partial charge in [-0.25, -0.2) is 9.97 Å². The number of likely N-dealkylation sites (tertiary alicyclic amines) is 1. The van der Waals surface area contributed by atoms with Crippen molar-refractivity contribution in [3.05, 3.63) is 53.1 Å². The van der Waals surface area contributed by atoms with Gasteiger partial charge in [-0.3, -0.25) is 9.48 Å². The van der Waals surface area contributed by atoms with E-state index in [2.05, 4.69) is 23.9 Å². The van der Waals surface area contributed by atoms with E-state index in [9.17, 15) is 4.79 Å². The van der Waals surface area contributed by atoms with Gasteiger partial charge in [0, 0.05) is 19.3 Å². The van der Waals surface area contributed by atoms with Crippen LogP contribution in [-0.4, -0.2) is 42.1 Å².